The molecule has 0 bridgehead atoms. The molecular weight excluding hydrogens is 433 g/mol. The normalized spacial score (nSPS) is 11.3. The zero-order chi connectivity index (χ0) is 23.6. The van der Waals surface area contributed by atoms with Crippen molar-refractivity contribution in [3.63, 3.8) is 0 Å². The highest BCUT2D eigenvalue weighted by Gasteiger charge is 2.34. The Labute approximate surface area is 187 Å². The number of nitrogens with zero attached hydrogens (tertiary/aromatic N) is 4. The van der Waals surface area contributed by atoms with Crippen LogP contribution in [-0.4, -0.2) is 25.7 Å². The van der Waals surface area contributed by atoms with E-state index in [9.17, 15) is 18.0 Å². The molecule has 7 nitrogen and oxygen atoms in total. The van der Waals surface area contributed by atoms with Crippen LogP contribution in [0.15, 0.2) is 67.3 Å². The van der Waals surface area contributed by atoms with Gasteiger partial charge >= 0.3 is 6.18 Å². The van der Waals surface area contributed by atoms with Gasteiger partial charge in [0.05, 0.1) is 17.4 Å². The Bertz CT molecular complexity index is 1280. The van der Waals surface area contributed by atoms with Crippen LogP contribution in [0.5, 0.6) is 0 Å². The van der Waals surface area contributed by atoms with Gasteiger partial charge in [0.2, 0.25) is 11.9 Å². The molecule has 0 spiro atoms. The van der Waals surface area contributed by atoms with Crippen LogP contribution in [0.25, 0.3) is 22.3 Å². The second-order valence-electron chi connectivity index (χ2n) is 7.31. The Morgan fingerprint density at radius 1 is 0.939 bits per heavy atom. The summed E-state index contributed by atoms with van der Waals surface area (Å²) >= 11 is 0. The minimum Gasteiger partial charge on any atom is -0.326 e. The maximum Gasteiger partial charge on any atom is 0.417 e. The summed E-state index contributed by atoms with van der Waals surface area (Å²) < 4.78 is 42.6. The van der Waals surface area contributed by atoms with E-state index in [4.69, 9.17) is 0 Å². The van der Waals surface area contributed by atoms with Gasteiger partial charge < -0.3 is 10.6 Å². The zero-order valence-corrected chi connectivity index (χ0v) is 17.7. The van der Waals surface area contributed by atoms with Gasteiger partial charge in [-0.1, -0.05) is 30.3 Å². The zero-order valence-electron chi connectivity index (χ0n) is 17.7. The van der Waals surface area contributed by atoms with E-state index in [-0.39, 0.29) is 11.3 Å². The number of aromatic nitrogens is 4. The maximum atomic E-state index is 13.7. The highest BCUT2D eigenvalue weighted by Crippen LogP contribution is 2.41. The van der Waals surface area contributed by atoms with E-state index in [1.807, 2.05) is 0 Å². The third kappa shape index (κ3) is 5.00. The SMILES string of the molecule is CC(=O)Nc1cccc(C(F)(F)F)c1-c1ccc(-c2cnc(Nc3cnn(C)c3)nc2)cc1. The van der Waals surface area contributed by atoms with Crippen LogP contribution in [0.2, 0.25) is 0 Å². The Morgan fingerprint density at radius 3 is 2.18 bits per heavy atom. The number of carbonyl (C=O) groups is 1. The van der Waals surface area contributed by atoms with Crippen molar-refractivity contribution in [3.8, 4) is 22.3 Å². The van der Waals surface area contributed by atoms with Crippen molar-refractivity contribution in [1.29, 1.82) is 0 Å². The first-order valence-electron chi connectivity index (χ1n) is 9.87. The van der Waals surface area contributed by atoms with Crippen LogP contribution < -0.4 is 10.6 Å². The van der Waals surface area contributed by atoms with Gasteiger partial charge in [-0.3, -0.25) is 9.48 Å². The number of aryl methyl sites for hydroxylation is 1. The molecule has 0 radical (unpaired) electrons. The molecule has 0 saturated carbocycles. The van der Waals surface area contributed by atoms with Crippen molar-refractivity contribution in [3.05, 3.63) is 72.8 Å². The standard InChI is InChI=1S/C23H19F3N6O/c1-14(33)30-20-5-3-4-19(23(24,25)26)21(20)16-8-6-15(7-9-16)17-10-27-22(28-11-17)31-18-12-29-32(2)13-18/h3-13H,1-2H3,(H,30,33)(H,27,28,31). The van der Waals surface area contributed by atoms with Crippen LogP contribution in [-0.2, 0) is 18.0 Å². The first-order valence-corrected chi connectivity index (χ1v) is 9.87. The van der Waals surface area contributed by atoms with Crippen molar-refractivity contribution in [2.75, 3.05) is 10.6 Å². The lowest BCUT2D eigenvalue weighted by atomic mass is 9.95. The molecule has 0 aliphatic heterocycles. The summed E-state index contributed by atoms with van der Waals surface area (Å²) in [6, 6.07) is 10.2. The largest absolute Gasteiger partial charge is 0.417 e. The summed E-state index contributed by atoms with van der Waals surface area (Å²) in [7, 11) is 1.80. The van der Waals surface area contributed by atoms with Crippen LogP contribution in [0.1, 0.15) is 12.5 Å². The molecule has 10 heteroatoms. The Balaban J connectivity index is 1.63. The van der Waals surface area contributed by atoms with Crippen LogP contribution in [0, 0.1) is 0 Å². The number of hydrogen-bond donors (Lipinski definition) is 2. The van der Waals surface area contributed by atoms with E-state index in [2.05, 4.69) is 25.7 Å². The number of nitrogens with one attached hydrogen (secondary N) is 2. The molecular formula is C23H19F3N6O. The molecule has 2 aromatic heterocycles. The van der Waals surface area contributed by atoms with Gasteiger partial charge in [0.15, 0.2) is 0 Å². The molecule has 0 saturated heterocycles. The van der Waals surface area contributed by atoms with E-state index < -0.39 is 17.6 Å². The molecule has 2 N–H and O–H groups in total. The summed E-state index contributed by atoms with van der Waals surface area (Å²) in [5.74, 6) is -0.0632. The van der Waals surface area contributed by atoms with Crippen molar-refractivity contribution < 1.29 is 18.0 Å². The van der Waals surface area contributed by atoms with Crippen molar-refractivity contribution in [1.82, 2.24) is 19.7 Å². The smallest absolute Gasteiger partial charge is 0.326 e. The summed E-state index contributed by atoms with van der Waals surface area (Å²) in [4.78, 5) is 20.1. The van der Waals surface area contributed by atoms with Gasteiger partial charge in [0.25, 0.3) is 0 Å². The fourth-order valence-electron chi connectivity index (χ4n) is 3.38. The van der Waals surface area contributed by atoms with Gasteiger partial charge in [-0.15, -0.1) is 0 Å². The van der Waals surface area contributed by atoms with Crippen LogP contribution in [0.3, 0.4) is 0 Å². The lowest BCUT2D eigenvalue weighted by Gasteiger charge is -2.17. The first kappa shape index (κ1) is 22.0. The van der Waals surface area contributed by atoms with Crippen molar-refractivity contribution >= 4 is 23.2 Å². The van der Waals surface area contributed by atoms with Gasteiger partial charge in [-0.05, 0) is 23.3 Å². The van der Waals surface area contributed by atoms with Crippen LogP contribution >= 0.6 is 0 Å². The quantitative estimate of drug-likeness (QED) is 0.431. The average Bonchev–Trinajstić information content (AvgIpc) is 3.18. The summed E-state index contributed by atoms with van der Waals surface area (Å²) in [5, 5.41) is 9.58. The predicted molar refractivity (Wildman–Crippen MR) is 119 cm³/mol. The lowest BCUT2D eigenvalue weighted by Crippen LogP contribution is -2.12. The molecule has 2 heterocycles. The van der Waals surface area contributed by atoms with E-state index in [1.54, 1.807) is 60.8 Å². The number of amides is 1. The highest BCUT2D eigenvalue weighted by molar-refractivity contribution is 5.95. The maximum absolute atomic E-state index is 13.7. The number of rotatable bonds is 5. The minimum absolute atomic E-state index is 0.0842. The summed E-state index contributed by atoms with van der Waals surface area (Å²) in [5.41, 5.74) is 1.69. The number of anilines is 3. The summed E-state index contributed by atoms with van der Waals surface area (Å²) in [6.07, 6.45) is 2.08. The Kier molecular flexibility index (Phi) is 5.82. The molecule has 4 aromatic rings. The summed E-state index contributed by atoms with van der Waals surface area (Å²) in [6.45, 7) is 1.25. The molecule has 0 atom stereocenters. The Morgan fingerprint density at radius 2 is 1.61 bits per heavy atom. The number of alkyl halides is 3. The van der Waals surface area contributed by atoms with E-state index in [0.717, 1.165) is 17.3 Å². The van der Waals surface area contributed by atoms with Crippen LogP contribution in [0.4, 0.5) is 30.5 Å². The second-order valence-corrected chi connectivity index (χ2v) is 7.31. The molecule has 168 valence electrons. The molecule has 0 fully saturated rings. The minimum atomic E-state index is -4.58. The molecule has 33 heavy (non-hydrogen) atoms. The van der Waals surface area contributed by atoms with Gasteiger partial charge in [-0.2, -0.15) is 18.3 Å². The lowest BCUT2D eigenvalue weighted by molar-refractivity contribution is -0.137. The number of benzene rings is 2. The number of hydrogen-bond acceptors (Lipinski definition) is 5. The topological polar surface area (TPSA) is 84.7 Å². The van der Waals surface area contributed by atoms with Gasteiger partial charge in [-0.25, -0.2) is 9.97 Å². The van der Waals surface area contributed by atoms with E-state index in [0.29, 0.717) is 17.1 Å². The third-order valence-corrected chi connectivity index (χ3v) is 4.80. The van der Waals surface area contributed by atoms with Gasteiger partial charge in [0.1, 0.15) is 0 Å². The number of carbonyl (C=O) groups excluding carboxylic acids is 1. The van der Waals surface area contributed by atoms with E-state index in [1.165, 1.54) is 19.1 Å². The average molecular weight is 452 g/mol. The molecule has 2 aromatic carbocycles. The molecule has 0 aliphatic rings. The second kappa shape index (κ2) is 8.73. The monoisotopic (exact) mass is 452 g/mol. The molecule has 0 unspecified atom stereocenters. The molecule has 0 aliphatic carbocycles. The molecule has 4 rings (SSSR count). The highest BCUT2D eigenvalue weighted by atomic mass is 19.4. The third-order valence-electron chi connectivity index (χ3n) is 4.80. The predicted octanol–water partition coefficient (Wildman–Crippen LogP) is 5.26. The van der Waals surface area contributed by atoms with Gasteiger partial charge in [0, 0.05) is 49.4 Å². The molecule has 1 amide bonds. The first-order chi connectivity index (χ1) is 15.7. The number of halogens is 3. The fraction of sp³-hybridized carbons (Fsp3) is 0.130. The van der Waals surface area contributed by atoms with Crippen molar-refractivity contribution in [2.45, 2.75) is 13.1 Å². The fourth-order valence-corrected chi connectivity index (χ4v) is 3.38. The Hall–Kier alpha value is -4.21. The van der Waals surface area contributed by atoms with Crippen molar-refractivity contribution in [2.24, 2.45) is 7.05 Å². The van der Waals surface area contributed by atoms with E-state index >= 15 is 0 Å².